The van der Waals surface area contributed by atoms with Gasteiger partial charge in [-0.1, -0.05) is 11.6 Å². The van der Waals surface area contributed by atoms with Crippen LogP contribution in [0, 0.1) is 0 Å². The van der Waals surface area contributed by atoms with Crippen molar-refractivity contribution < 1.29 is 14.6 Å². The van der Waals surface area contributed by atoms with Gasteiger partial charge < -0.3 is 19.9 Å². The number of rotatable bonds is 6. The standard InChI is InChI=1S/C14H21ClN2O3/c1-19-14-3-2-11(15)8-13(14)16-9-12(18)10-17-4-6-20-7-5-17/h2-3,8,12,16,18H,4-7,9-10H2,1H3. The molecule has 0 aromatic heterocycles. The first-order valence-corrected chi connectivity index (χ1v) is 7.12. The Bertz CT molecular complexity index is 425. The van der Waals surface area contributed by atoms with Crippen LogP contribution in [0.25, 0.3) is 0 Å². The summed E-state index contributed by atoms with van der Waals surface area (Å²) in [6.07, 6.45) is -0.447. The van der Waals surface area contributed by atoms with Crippen molar-refractivity contribution in [2.24, 2.45) is 0 Å². The number of methoxy groups -OCH3 is 1. The Hall–Kier alpha value is -1.01. The molecule has 1 saturated heterocycles. The third-order valence-corrected chi connectivity index (χ3v) is 3.50. The van der Waals surface area contributed by atoms with Crippen molar-refractivity contribution in [2.45, 2.75) is 6.10 Å². The minimum absolute atomic E-state index is 0.447. The van der Waals surface area contributed by atoms with E-state index in [1.165, 1.54) is 0 Å². The lowest BCUT2D eigenvalue weighted by Crippen LogP contribution is -2.42. The molecule has 1 aliphatic rings. The molecule has 0 bridgehead atoms. The lowest BCUT2D eigenvalue weighted by molar-refractivity contribution is 0.0171. The summed E-state index contributed by atoms with van der Waals surface area (Å²) in [5.74, 6) is 0.716. The molecular formula is C14H21ClN2O3. The van der Waals surface area contributed by atoms with Crippen molar-refractivity contribution in [3.05, 3.63) is 23.2 Å². The number of halogens is 1. The number of β-amino-alcohol motifs (C(OH)–C–C–N with tert-alkyl or cyclic N) is 1. The molecule has 1 aliphatic heterocycles. The first-order chi connectivity index (χ1) is 9.69. The van der Waals surface area contributed by atoms with Crippen LogP contribution in [0.3, 0.4) is 0 Å². The minimum atomic E-state index is -0.447. The van der Waals surface area contributed by atoms with Gasteiger partial charge in [0.05, 0.1) is 32.1 Å². The van der Waals surface area contributed by atoms with E-state index in [9.17, 15) is 5.11 Å². The highest BCUT2D eigenvalue weighted by atomic mass is 35.5. The van der Waals surface area contributed by atoms with Crippen LogP contribution >= 0.6 is 11.6 Å². The van der Waals surface area contributed by atoms with Crippen molar-refractivity contribution in [2.75, 3.05) is 51.8 Å². The van der Waals surface area contributed by atoms with Crippen molar-refractivity contribution in [3.63, 3.8) is 0 Å². The zero-order valence-electron chi connectivity index (χ0n) is 11.6. The number of benzene rings is 1. The molecule has 1 aromatic carbocycles. The van der Waals surface area contributed by atoms with Gasteiger partial charge in [0.2, 0.25) is 0 Å². The molecule has 0 amide bonds. The predicted octanol–water partition coefficient (Wildman–Crippen LogP) is 1.45. The Labute approximate surface area is 124 Å². The maximum atomic E-state index is 10.1. The molecule has 5 nitrogen and oxygen atoms in total. The van der Waals surface area contributed by atoms with Crippen LogP contribution < -0.4 is 10.1 Å². The fourth-order valence-corrected chi connectivity index (χ4v) is 2.36. The molecule has 0 radical (unpaired) electrons. The quantitative estimate of drug-likeness (QED) is 0.833. The fourth-order valence-electron chi connectivity index (χ4n) is 2.19. The van der Waals surface area contributed by atoms with E-state index < -0.39 is 6.10 Å². The summed E-state index contributed by atoms with van der Waals surface area (Å²) in [6.45, 7) is 4.31. The number of hydrogen-bond donors (Lipinski definition) is 2. The number of aliphatic hydroxyl groups excluding tert-OH is 1. The monoisotopic (exact) mass is 300 g/mol. The molecule has 0 spiro atoms. The Morgan fingerprint density at radius 3 is 2.90 bits per heavy atom. The van der Waals surface area contributed by atoms with Gasteiger partial charge >= 0.3 is 0 Å². The maximum absolute atomic E-state index is 10.1. The smallest absolute Gasteiger partial charge is 0.142 e. The molecule has 20 heavy (non-hydrogen) atoms. The number of morpholine rings is 1. The predicted molar refractivity (Wildman–Crippen MR) is 79.8 cm³/mol. The Kier molecular flexibility index (Phi) is 5.91. The van der Waals surface area contributed by atoms with E-state index in [4.69, 9.17) is 21.1 Å². The highest BCUT2D eigenvalue weighted by molar-refractivity contribution is 6.30. The van der Waals surface area contributed by atoms with Gasteiger partial charge in [-0.2, -0.15) is 0 Å². The van der Waals surface area contributed by atoms with Crippen molar-refractivity contribution in [1.82, 2.24) is 4.90 Å². The van der Waals surface area contributed by atoms with Gasteiger partial charge in [-0.05, 0) is 18.2 Å². The molecule has 112 valence electrons. The molecule has 1 heterocycles. The Balaban J connectivity index is 1.83. The highest BCUT2D eigenvalue weighted by Gasteiger charge is 2.15. The summed E-state index contributed by atoms with van der Waals surface area (Å²) in [5, 5.41) is 13.9. The molecule has 1 atom stereocenters. The molecule has 1 aromatic rings. The lowest BCUT2D eigenvalue weighted by atomic mass is 10.2. The molecule has 0 saturated carbocycles. The average Bonchev–Trinajstić information content (AvgIpc) is 2.46. The number of hydrogen-bond acceptors (Lipinski definition) is 5. The first kappa shape index (κ1) is 15.4. The van der Waals surface area contributed by atoms with Crippen molar-refractivity contribution in [3.8, 4) is 5.75 Å². The maximum Gasteiger partial charge on any atom is 0.142 e. The zero-order chi connectivity index (χ0) is 14.4. The fraction of sp³-hybridized carbons (Fsp3) is 0.571. The minimum Gasteiger partial charge on any atom is -0.495 e. The molecule has 2 N–H and O–H groups in total. The van der Waals surface area contributed by atoms with Gasteiger partial charge in [0.25, 0.3) is 0 Å². The topological polar surface area (TPSA) is 54.0 Å². The van der Waals surface area contributed by atoms with Crippen LogP contribution in [0.1, 0.15) is 0 Å². The zero-order valence-corrected chi connectivity index (χ0v) is 12.4. The number of nitrogens with zero attached hydrogens (tertiary/aromatic N) is 1. The van der Waals surface area contributed by atoms with Gasteiger partial charge in [0, 0.05) is 31.2 Å². The van der Waals surface area contributed by atoms with Gasteiger partial charge in [-0.25, -0.2) is 0 Å². The number of ether oxygens (including phenoxy) is 2. The molecule has 1 fully saturated rings. The van der Waals surface area contributed by atoms with Crippen LogP contribution in [0.5, 0.6) is 5.75 Å². The van der Waals surface area contributed by atoms with Gasteiger partial charge in [0.1, 0.15) is 5.75 Å². The number of anilines is 1. The normalized spacial score (nSPS) is 17.8. The van der Waals surface area contributed by atoms with E-state index in [1.54, 1.807) is 25.3 Å². The summed E-state index contributed by atoms with van der Waals surface area (Å²) >= 11 is 5.96. The van der Waals surface area contributed by atoms with Gasteiger partial charge in [-0.15, -0.1) is 0 Å². The molecule has 1 unspecified atom stereocenters. The second-order valence-corrected chi connectivity index (χ2v) is 5.23. The van der Waals surface area contributed by atoms with Crippen LogP contribution in [0.4, 0.5) is 5.69 Å². The van der Waals surface area contributed by atoms with Crippen LogP contribution in [-0.4, -0.2) is 62.6 Å². The van der Waals surface area contributed by atoms with Gasteiger partial charge in [-0.3, -0.25) is 4.90 Å². The lowest BCUT2D eigenvalue weighted by Gasteiger charge is -2.28. The summed E-state index contributed by atoms with van der Waals surface area (Å²) in [7, 11) is 1.61. The van der Waals surface area contributed by atoms with Crippen molar-refractivity contribution in [1.29, 1.82) is 0 Å². The molecule has 2 rings (SSSR count). The van der Waals surface area contributed by atoms with Gasteiger partial charge in [0.15, 0.2) is 0 Å². The van der Waals surface area contributed by atoms with Crippen LogP contribution in [-0.2, 0) is 4.74 Å². The van der Waals surface area contributed by atoms with E-state index in [1.807, 2.05) is 0 Å². The first-order valence-electron chi connectivity index (χ1n) is 6.74. The van der Waals surface area contributed by atoms with E-state index >= 15 is 0 Å². The largest absolute Gasteiger partial charge is 0.495 e. The summed E-state index contributed by atoms with van der Waals surface area (Å²) < 4.78 is 10.5. The highest BCUT2D eigenvalue weighted by Crippen LogP contribution is 2.27. The third-order valence-electron chi connectivity index (χ3n) is 3.26. The van der Waals surface area contributed by atoms with E-state index in [0.717, 1.165) is 32.0 Å². The van der Waals surface area contributed by atoms with Crippen molar-refractivity contribution >= 4 is 17.3 Å². The SMILES string of the molecule is COc1ccc(Cl)cc1NCC(O)CN1CCOCC1. The third kappa shape index (κ3) is 4.52. The molecular weight excluding hydrogens is 280 g/mol. The Morgan fingerprint density at radius 1 is 1.45 bits per heavy atom. The second-order valence-electron chi connectivity index (χ2n) is 4.79. The Morgan fingerprint density at radius 2 is 2.20 bits per heavy atom. The number of nitrogens with one attached hydrogen (secondary N) is 1. The van der Waals surface area contributed by atoms with Crippen LogP contribution in [0.15, 0.2) is 18.2 Å². The summed E-state index contributed by atoms with van der Waals surface area (Å²) in [6, 6.07) is 5.37. The average molecular weight is 301 g/mol. The summed E-state index contributed by atoms with van der Waals surface area (Å²) in [4.78, 5) is 2.20. The summed E-state index contributed by atoms with van der Waals surface area (Å²) in [5.41, 5.74) is 0.793. The van der Waals surface area contributed by atoms with E-state index in [-0.39, 0.29) is 0 Å². The second kappa shape index (κ2) is 7.69. The van der Waals surface area contributed by atoms with E-state index in [0.29, 0.717) is 23.9 Å². The molecule has 6 heteroatoms. The van der Waals surface area contributed by atoms with Crippen LogP contribution in [0.2, 0.25) is 5.02 Å². The van der Waals surface area contributed by atoms with E-state index in [2.05, 4.69) is 10.2 Å². The number of aliphatic hydroxyl groups is 1. The molecule has 0 aliphatic carbocycles.